The zero-order valence-corrected chi connectivity index (χ0v) is 7.72. The quantitative estimate of drug-likeness (QED) is 0.566. The molecule has 0 saturated carbocycles. The van der Waals surface area contributed by atoms with Gasteiger partial charge in [0.15, 0.2) is 0 Å². The van der Waals surface area contributed by atoms with E-state index in [2.05, 4.69) is 26.5 Å². The van der Waals surface area contributed by atoms with E-state index in [1.165, 1.54) is 5.57 Å². The first kappa shape index (κ1) is 10.2. The van der Waals surface area contributed by atoms with Crippen LogP contribution in [0.3, 0.4) is 0 Å². The van der Waals surface area contributed by atoms with Crippen LogP contribution in [0.5, 0.6) is 0 Å². The molecule has 0 aliphatic rings. The van der Waals surface area contributed by atoms with Gasteiger partial charge in [-0.15, -0.1) is 0 Å². The molecule has 11 heavy (non-hydrogen) atoms. The Morgan fingerprint density at radius 3 is 2.36 bits per heavy atom. The molecule has 0 aromatic carbocycles. The summed E-state index contributed by atoms with van der Waals surface area (Å²) in [4.78, 5) is 0. The maximum atomic E-state index is 8.40. The Hall–Kier alpha value is -0.770. The van der Waals surface area contributed by atoms with Crippen LogP contribution in [0.4, 0.5) is 0 Å². The second-order valence-electron chi connectivity index (χ2n) is 3.39. The first-order valence-electron chi connectivity index (χ1n) is 4.12. The zero-order chi connectivity index (χ0) is 8.85. The Kier molecular flexibility index (Phi) is 4.61. The summed E-state index contributed by atoms with van der Waals surface area (Å²) < 4.78 is 0. The van der Waals surface area contributed by atoms with Crippen LogP contribution in [0.25, 0.3) is 0 Å². The lowest BCUT2D eigenvalue weighted by Crippen LogP contribution is -2.08. The summed E-state index contributed by atoms with van der Waals surface area (Å²) in [5, 5.41) is 8.40. The molecule has 1 heteroatoms. The van der Waals surface area contributed by atoms with Gasteiger partial charge in [-0.25, -0.2) is 0 Å². The van der Waals surface area contributed by atoms with Crippen molar-refractivity contribution in [1.82, 2.24) is 0 Å². The fraction of sp³-hybridized carbons (Fsp3) is 0.700. The van der Waals surface area contributed by atoms with Gasteiger partial charge >= 0.3 is 0 Å². The Balaban J connectivity index is 3.92. The maximum absolute atomic E-state index is 8.40. The van der Waals surface area contributed by atoms with Gasteiger partial charge in [-0.05, 0) is 25.2 Å². The van der Waals surface area contributed by atoms with Crippen molar-refractivity contribution in [3.8, 4) is 6.07 Å². The molecule has 1 atom stereocenters. The van der Waals surface area contributed by atoms with Gasteiger partial charge in [-0.3, -0.25) is 0 Å². The molecule has 0 N–H and O–H groups in total. The number of rotatable bonds is 4. The summed E-state index contributed by atoms with van der Waals surface area (Å²) in [6.07, 6.45) is 1.61. The number of nitrogens with zero attached hydrogens (tertiary/aromatic N) is 1. The normalized spacial score (nSPS) is 12.6. The van der Waals surface area contributed by atoms with Gasteiger partial charge in [-0.2, -0.15) is 5.26 Å². The Bertz CT molecular complexity index is 162. The van der Waals surface area contributed by atoms with Crippen molar-refractivity contribution in [2.75, 3.05) is 0 Å². The van der Waals surface area contributed by atoms with Gasteiger partial charge in [0.2, 0.25) is 0 Å². The average Bonchev–Trinajstić information content (AvgIpc) is 1.87. The summed E-state index contributed by atoms with van der Waals surface area (Å²) in [7, 11) is 0. The van der Waals surface area contributed by atoms with Gasteiger partial charge in [0.05, 0.1) is 6.07 Å². The van der Waals surface area contributed by atoms with Crippen LogP contribution >= 0.6 is 0 Å². The van der Waals surface area contributed by atoms with E-state index in [1.807, 2.05) is 6.92 Å². The number of allylic oxidation sites excluding steroid dienone is 1. The molecule has 0 aromatic rings. The van der Waals surface area contributed by atoms with Gasteiger partial charge < -0.3 is 0 Å². The Morgan fingerprint density at radius 2 is 2.09 bits per heavy atom. The minimum absolute atomic E-state index is 0.523. The zero-order valence-electron chi connectivity index (χ0n) is 7.72. The number of hydrogen-bond donors (Lipinski definition) is 0. The second-order valence-corrected chi connectivity index (χ2v) is 3.39. The van der Waals surface area contributed by atoms with Gasteiger partial charge in [-0.1, -0.05) is 26.0 Å². The SMILES string of the molecule is C=C(C)C(CCC#N)C(C)C. The van der Waals surface area contributed by atoms with Crippen LogP contribution in [0.1, 0.15) is 33.6 Å². The Labute approximate surface area is 69.7 Å². The van der Waals surface area contributed by atoms with E-state index < -0.39 is 0 Å². The third kappa shape index (κ3) is 3.83. The first-order valence-corrected chi connectivity index (χ1v) is 4.12. The van der Waals surface area contributed by atoms with Gasteiger partial charge in [0.1, 0.15) is 0 Å². The minimum Gasteiger partial charge on any atom is -0.198 e. The molecule has 0 aliphatic carbocycles. The molecule has 0 fully saturated rings. The lowest BCUT2D eigenvalue weighted by molar-refractivity contribution is 0.420. The fourth-order valence-electron chi connectivity index (χ4n) is 1.37. The highest BCUT2D eigenvalue weighted by molar-refractivity contribution is 4.98. The number of nitriles is 1. The van der Waals surface area contributed by atoms with Crippen molar-refractivity contribution >= 4 is 0 Å². The highest BCUT2D eigenvalue weighted by atomic mass is 14.2. The molecule has 0 aromatic heterocycles. The van der Waals surface area contributed by atoms with E-state index in [4.69, 9.17) is 5.26 Å². The van der Waals surface area contributed by atoms with Gasteiger partial charge in [0, 0.05) is 6.42 Å². The van der Waals surface area contributed by atoms with Crippen molar-refractivity contribution in [1.29, 1.82) is 5.26 Å². The van der Waals surface area contributed by atoms with Crippen LogP contribution in [0.15, 0.2) is 12.2 Å². The van der Waals surface area contributed by atoms with E-state index in [9.17, 15) is 0 Å². The van der Waals surface area contributed by atoms with E-state index in [1.54, 1.807) is 0 Å². The largest absolute Gasteiger partial charge is 0.198 e. The van der Waals surface area contributed by atoms with Crippen molar-refractivity contribution in [2.24, 2.45) is 11.8 Å². The molecular formula is C10H17N. The third-order valence-electron chi connectivity index (χ3n) is 2.00. The van der Waals surface area contributed by atoms with Crippen molar-refractivity contribution in [3.63, 3.8) is 0 Å². The summed E-state index contributed by atoms with van der Waals surface area (Å²) in [5.41, 5.74) is 1.20. The Morgan fingerprint density at radius 1 is 1.55 bits per heavy atom. The molecule has 0 heterocycles. The van der Waals surface area contributed by atoms with E-state index in [0.717, 1.165) is 6.42 Å². The first-order chi connectivity index (χ1) is 5.09. The smallest absolute Gasteiger partial charge is 0.0621 e. The van der Waals surface area contributed by atoms with Crippen LogP contribution in [0, 0.1) is 23.2 Å². The lowest BCUT2D eigenvalue weighted by atomic mass is 9.86. The van der Waals surface area contributed by atoms with Crippen LogP contribution in [0.2, 0.25) is 0 Å². The molecule has 0 aliphatic heterocycles. The second kappa shape index (κ2) is 4.96. The minimum atomic E-state index is 0.523. The molecule has 1 nitrogen and oxygen atoms in total. The molecule has 0 bridgehead atoms. The summed E-state index contributed by atoms with van der Waals surface area (Å²) in [5.74, 6) is 1.13. The number of hydrogen-bond acceptors (Lipinski definition) is 1. The molecule has 0 amide bonds. The van der Waals surface area contributed by atoms with Crippen LogP contribution < -0.4 is 0 Å². The van der Waals surface area contributed by atoms with E-state index in [-0.39, 0.29) is 0 Å². The summed E-state index contributed by atoms with van der Waals surface area (Å²) in [6.45, 7) is 10.3. The highest BCUT2D eigenvalue weighted by Gasteiger charge is 2.12. The van der Waals surface area contributed by atoms with E-state index >= 15 is 0 Å². The molecule has 62 valence electrons. The average molecular weight is 151 g/mol. The molecule has 0 rings (SSSR count). The van der Waals surface area contributed by atoms with Crippen LogP contribution in [-0.2, 0) is 0 Å². The van der Waals surface area contributed by atoms with Crippen molar-refractivity contribution < 1.29 is 0 Å². The summed E-state index contributed by atoms with van der Waals surface area (Å²) >= 11 is 0. The summed E-state index contributed by atoms with van der Waals surface area (Å²) in [6, 6.07) is 2.17. The predicted molar refractivity (Wildman–Crippen MR) is 48.0 cm³/mol. The molecule has 0 spiro atoms. The lowest BCUT2D eigenvalue weighted by Gasteiger charge is -2.19. The van der Waals surface area contributed by atoms with Crippen LogP contribution in [-0.4, -0.2) is 0 Å². The van der Waals surface area contributed by atoms with Gasteiger partial charge in [0.25, 0.3) is 0 Å². The molecule has 0 radical (unpaired) electrons. The highest BCUT2D eigenvalue weighted by Crippen LogP contribution is 2.23. The topological polar surface area (TPSA) is 23.8 Å². The molecular weight excluding hydrogens is 134 g/mol. The van der Waals surface area contributed by atoms with E-state index in [0.29, 0.717) is 18.3 Å². The standard InChI is InChI=1S/C10H17N/c1-8(2)10(9(3)4)6-5-7-11/h9-10H,1,5-6H2,2-4H3. The maximum Gasteiger partial charge on any atom is 0.0621 e. The molecule has 1 unspecified atom stereocenters. The molecule has 0 saturated heterocycles. The fourth-order valence-corrected chi connectivity index (χ4v) is 1.37. The van der Waals surface area contributed by atoms with Crippen molar-refractivity contribution in [3.05, 3.63) is 12.2 Å². The third-order valence-corrected chi connectivity index (χ3v) is 2.00. The monoisotopic (exact) mass is 151 g/mol. The van der Waals surface area contributed by atoms with Crippen molar-refractivity contribution in [2.45, 2.75) is 33.6 Å². The predicted octanol–water partition coefficient (Wildman–Crippen LogP) is 3.14.